The van der Waals surface area contributed by atoms with Crippen molar-refractivity contribution in [3.63, 3.8) is 0 Å². The highest BCUT2D eigenvalue weighted by Gasteiger charge is 2.46. The molecule has 1 saturated carbocycles. The van der Waals surface area contributed by atoms with Crippen molar-refractivity contribution in [2.45, 2.75) is 64.3 Å². The summed E-state index contributed by atoms with van der Waals surface area (Å²) in [6, 6.07) is 5.83. The molecule has 0 bridgehead atoms. The zero-order chi connectivity index (χ0) is 25.8. The molecule has 5 rings (SSSR count). The van der Waals surface area contributed by atoms with Crippen LogP contribution in [0.5, 0.6) is 0 Å². The Morgan fingerprint density at radius 1 is 1.06 bits per heavy atom. The van der Waals surface area contributed by atoms with Crippen LogP contribution in [-0.4, -0.2) is 57.2 Å². The molecule has 3 aliphatic rings. The van der Waals surface area contributed by atoms with Crippen molar-refractivity contribution < 1.29 is 27.5 Å². The number of hydrogen-bond donors (Lipinski definition) is 1. The molecular weight excluding hydrogens is 473 g/mol. The number of fused-ring (bicyclic) bond motifs is 2. The van der Waals surface area contributed by atoms with Gasteiger partial charge < -0.3 is 14.5 Å². The molecule has 10 heteroatoms. The standard InChI is InChI=1S/C26H31F3N4O3/c1-25(2,3)36-24(35)32-9-8-21-19(14-32)22(31-30-21)23(34)33-12-16-10-15(11-17(16)13-33)18-6-4-5-7-20(18)26(27,28)29/h4-7,15-17H,8-14H2,1-3H3,(H,30,31)/t15-,16+,17-. The summed E-state index contributed by atoms with van der Waals surface area (Å²) in [7, 11) is 0. The molecule has 0 radical (unpaired) electrons. The summed E-state index contributed by atoms with van der Waals surface area (Å²) in [5.41, 5.74) is 1.07. The summed E-state index contributed by atoms with van der Waals surface area (Å²) >= 11 is 0. The van der Waals surface area contributed by atoms with Gasteiger partial charge in [0.05, 0.1) is 12.1 Å². The van der Waals surface area contributed by atoms with Crippen LogP contribution in [0.25, 0.3) is 0 Å². The summed E-state index contributed by atoms with van der Waals surface area (Å²) in [4.78, 5) is 29.3. The minimum absolute atomic E-state index is 0.157. The fourth-order valence-electron chi connectivity index (χ4n) is 5.93. The van der Waals surface area contributed by atoms with Crippen molar-refractivity contribution in [3.8, 4) is 0 Å². The van der Waals surface area contributed by atoms with Crippen molar-refractivity contribution in [3.05, 3.63) is 52.3 Å². The number of hydrogen-bond acceptors (Lipinski definition) is 4. The number of rotatable bonds is 2. The Kier molecular flexibility index (Phi) is 6.03. The molecule has 1 N–H and O–H groups in total. The summed E-state index contributed by atoms with van der Waals surface area (Å²) < 4.78 is 46.0. The van der Waals surface area contributed by atoms with Crippen LogP contribution in [0.4, 0.5) is 18.0 Å². The third-order valence-corrected chi connectivity index (χ3v) is 7.53. The minimum Gasteiger partial charge on any atom is -0.444 e. The molecule has 2 fully saturated rings. The van der Waals surface area contributed by atoms with E-state index in [1.807, 2.05) is 20.8 Å². The highest BCUT2D eigenvalue weighted by molar-refractivity contribution is 5.94. The Balaban J connectivity index is 1.26. The van der Waals surface area contributed by atoms with Crippen molar-refractivity contribution in [1.29, 1.82) is 0 Å². The quantitative estimate of drug-likeness (QED) is 0.625. The number of amides is 2. The Morgan fingerprint density at radius 3 is 2.36 bits per heavy atom. The third-order valence-electron chi connectivity index (χ3n) is 7.53. The Labute approximate surface area is 208 Å². The molecular formula is C26H31F3N4O3. The fraction of sp³-hybridized carbons (Fsp3) is 0.577. The van der Waals surface area contributed by atoms with Gasteiger partial charge in [-0.2, -0.15) is 18.3 Å². The van der Waals surface area contributed by atoms with Crippen LogP contribution >= 0.6 is 0 Å². The molecule has 2 amide bonds. The fourth-order valence-corrected chi connectivity index (χ4v) is 5.93. The highest BCUT2D eigenvalue weighted by atomic mass is 19.4. The van der Waals surface area contributed by atoms with Gasteiger partial charge in [-0.1, -0.05) is 18.2 Å². The van der Waals surface area contributed by atoms with E-state index in [0.29, 0.717) is 55.7 Å². The van der Waals surface area contributed by atoms with Gasteiger partial charge in [-0.3, -0.25) is 9.89 Å². The molecule has 0 spiro atoms. The SMILES string of the molecule is CC(C)(C)OC(=O)N1CCc2[nH]nc(C(=O)N3C[C@H]4C[C@H](c5ccccc5C(F)(F)F)C[C@H]4C3)c2C1. The predicted molar refractivity (Wildman–Crippen MR) is 125 cm³/mol. The van der Waals surface area contributed by atoms with E-state index in [2.05, 4.69) is 10.2 Å². The van der Waals surface area contributed by atoms with Crippen molar-refractivity contribution in [1.82, 2.24) is 20.0 Å². The number of aromatic amines is 1. The lowest BCUT2D eigenvalue weighted by molar-refractivity contribution is -0.138. The molecule has 7 nitrogen and oxygen atoms in total. The number of likely N-dealkylation sites (tertiary alicyclic amines) is 1. The van der Waals surface area contributed by atoms with Gasteiger partial charge in [0.25, 0.3) is 5.91 Å². The number of halogens is 3. The molecule has 1 saturated heterocycles. The zero-order valence-electron chi connectivity index (χ0n) is 20.7. The summed E-state index contributed by atoms with van der Waals surface area (Å²) in [6.07, 6.45) is -2.98. The molecule has 2 aromatic rings. The summed E-state index contributed by atoms with van der Waals surface area (Å²) in [6.45, 7) is 7.17. The highest BCUT2D eigenvalue weighted by Crippen LogP contribution is 2.49. The van der Waals surface area contributed by atoms with Crippen molar-refractivity contribution in [2.24, 2.45) is 11.8 Å². The van der Waals surface area contributed by atoms with Gasteiger partial charge in [-0.15, -0.1) is 0 Å². The average molecular weight is 505 g/mol. The smallest absolute Gasteiger partial charge is 0.416 e. The van der Waals surface area contributed by atoms with Crippen LogP contribution < -0.4 is 0 Å². The van der Waals surface area contributed by atoms with Crippen LogP contribution in [0.2, 0.25) is 0 Å². The maximum absolute atomic E-state index is 13.5. The Bertz CT molecular complexity index is 1160. The van der Waals surface area contributed by atoms with Gasteiger partial charge >= 0.3 is 12.3 Å². The summed E-state index contributed by atoms with van der Waals surface area (Å²) in [5.74, 6) is -0.0303. The largest absolute Gasteiger partial charge is 0.444 e. The second-order valence-electron chi connectivity index (χ2n) is 11.2. The molecule has 1 aromatic heterocycles. The molecule has 194 valence electrons. The first-order chi connectivity index (χ1) is 16.9. The first-order valence-electron chi connectivity index (χ1n) is 12.4. The van der Waals surface area contributed by atoms with Crippen LogP contribution in [0.1, 0.15) is 72.4 Å². The van der Waals surface area contributed by atoms with Gasteiger partial charge in [-0.25, -0.2) is 4.79 Å². The molecule has 1 aromatic carbocycles. The predicted octanol–water partition coefficient (Wildman–Crippen LogP) is 4.99. The van der Waals surface area contributed by atoms with E-state index in [1.54, 1.807) is 21.9 Å². The maximum atomic E-state index is 13.5. The number of carbonyl (C=O) groups excluding carboxylic acids is 2. The lowest BCUT2D eigenvalue weighted by Crippen LogP contribution is -2.40. The van der Waals surface area contributed by atoms with Gasteiger partial charge in [0.15, 0.2) is 5.69 Å². The van der Waals surface area contributed by atoms with E-state index in [0.717, 1.165) is 11.8 Å². The zero-order valence-corrected chi connectivity index (χ0v) is 20.7. The van der Waals surface area contributed by atoms with Gasteiger partial charge in [0.2, 0.25) is 0 Å². The number of alkyl halides is 3. The van der Waals surface area contributed by atoms with E-state index in [9.17, 15) is 22.8 Å². The van der Waals surface area contributed by atoms with Crippen LogP contribution in [0.15, 0.2) is 24.3 Å². The number of ether oxygens (including phenoxy) is 1. The molecule has 2 aliphatic heterocycles. The number of aromatic nitrogens is 2. The topological polar surface area (TPSA) is 78.5 Å². The Morgan fingerprint density at radius 2 is 1.72 bits per heavy atom. The molecule has 1 aliphatic carbocycles. The van der Waals surface area contributed by atoms with Crippen molar-refractivity contribution >= 4 is 12.0 Å². The molecule has 36 heavy (non-hydrogen) atoms. The van der Waals surface area contributed by atoms with Crippen molar-refractivity contribution in [2.75, 3.05) is 19.6 Å². The lowest BCUT2D eigenvalue weighted by atomic mass is 9.91. The molecule has 3 heterocycles. The molecule has 3 atom stereocenters. The van der Waals surface area contributed by atoms with E-state index in [4.69, 9.17) is 4.74 Å². The van der Waals surface area contributed by atoms with Crippen LogP contribution in [0, 0.1) is 11.8 Å². The minimum atomic E-state index is -4.37. The number of nitrogens with one attached hydrogen (secondary N) is 1. The monoisotopic (exact) mass is 504 g/mol. The van der Waals surface area contributed by atoms with Gasteiger partial charge in [0.1, 0.15) is 5.60 Å². The van der Waals surface area contributed by atoms with Gasteiger partial charge in [0, 0.05) is 37.3 Å². The van der Waals surface area contributed by atoms with Crippen LogP contribution in [-0.2, 0) is 23.9 Å². The Hall–Kier alpha value is -3.04. The average Bonchev–Trinajstić information content (AvgIpc) is 3.49. The van der Waals surface area contributed by atoms with E-state index in [-0.39, 0.29) is 30.2 Å². The second-order valence-corrected chi connectivity index (χ2v) is 11.2. The number of nitrogens with zero attached hydrogens (tertiary/aromatic N) is 3. The first kappa shape index (κ1) is 24.6. The number of H-pyrrole nitrogens is 1. The summed E-state index contributed by atoms with van der Waals surface area (Å²) in [5, 5.41) is 7.24. The second kappa shape index (κ2) is 8.81. The first-order valence-corrected chi connectivity index (χ1v) is 12.4. The van der Waals surface area contributed by atoms with Crippen LogP contribution in [0.3, 0.4) is 0 Å². The number of carbonyl (C=O) groups is 2. The number of benzene rings is 1. The van der Waals surface area contributed by atoms with E-state index in [1.165, 1.54) is 6.07 Å². The normalized spacial score (nSPS) is 24.0. The third kappa shape index (κ3) is 4.69. The van der Waals surface area contributed by atoms with E-state index < -0.39 is 23.4 Å². The maximum Gasteiger partial charge on any atom is 0.416 e. The molecule has 0 unspecified atom stereocenters. The lowest BCUT2D eigenvalue weighted by Gasteiger charge is -2.30. The van der Waals surface area contributed by atoms with Gasteiger partial charge in [-0.05, 0) is 63.0 Å². The van der Waals surface area contributed by atoms with E-state index >= 15 is 0 Å².